The maximum absolute atomic E-state index is 6.10. The summed E-state index contributed by atoms with van der Waals surface area (Å²) >= 11 is 12.1. The monoisotopic (exact) mass is 228 g/mol. The lowest BCUT2D eigenvalue weighted by Gasteiger charge is -2.09. The maximum atomic E-state index is 6.10. The van der Waals surface area contributed by atoms with Gasteiger partial charge in [0.05, 0.1) is 16.1 Å². The molecular formula is C10H10Cl2N2. The third-order valence-electron chi connectivity index (χ3n) is 2.13. The highest BCUT2D eigenvalue weighted by Gasteiger charge is 2.13. The molecule has 4 heteroatoms. The van der Waals surface area contributed by atoms with E-state index >= 15 is 0 Å². The minimum Gasteiger partial charge on any atom is -0.311 e. The van der Waals surface area contributed by atoms with Crippen molar-refractivity contribution in [3.8, 4) is 0 Å². The first-order chi connectivity index (χ1) is 6.61. The number of para-hydroxylation sites is 1. The number of aromatic nitrogens is 2. The number of nitrogens with zero attached hydrogens (tertiary/aromatic N) is 2. The van der Waals surface area contributed by atoms with Crippen LogP contribution in [0.15, 0.2) is 18.2 Å². The molecule has 0 amide bonds. The Bertz CT molecular complexity index is 474. The summed E-state index contributed by atoms with van der Waals surface area (Å²) in [5.74, 6) is 0. The van der Waals surface area contributed by atoms with Gasteiger partial charge in [-0.1, -0.05) is 17.7 Å². The Kier molecular flexibility index (Phi) is 2.41. The lowest BCUT2D eigenvalue weighted by atomic mass is 10.3. The van der Waals surface area contributed by atoms with Crippen LogP contribution in [0.25, 0.3) is 11.0 Å². The molecule has 1 aromatic heterocycles. The van der Waals surface area contributed by atoms with Crippen LogP contribution in [0.3, 0.4) is 0 Å². The highest BCUT2D eigenvalue weighted by atomic mass is 35.5. The number of fused-ring (bicyclic) bond motifs is 1. The maximum Gasteiger partial charge on any atom is 0.204 e. The largest absolute Gasteiger partial charge is 0.311 e. The molecule has 0 bridgehead atoms. The fraction of sp³-hybridized carbons (Fsp3) is 0.300. The molecule has 0 spiro atoms. The number of halogens is 2. The molecule has 74 valence electrons. The van der Waals surface area contributed by atoms with Gasteiger partial charge in [0.15, 0.2) is 0 Å². The molecule has 0 unspecified atom stereocenters. The zero-order chi connectivity index (χ0) is 10.3. The summed E-state index contributed by atoms with van der Waals surface area (Å²) in [6.45, 7) is 4.10. The lowest BCUT2D eigenvalue weighted by molar-refractivity contribution is 0.618. The van der Waals surface area contributed by atoms with Crippen molar-refractivity contribution in [3.63, 3.8) is 0 Å². The zero-order valence-corrected chi connectivity index (χ0v) is 9.47. The van der Waals surface area contributed by atoms with Gasteiger partial charge in [0.1, 0.15) is 0 Å². The van der Waals surface area contributed by atoms with E-state index in [1.807, 2.05) is 22.8 Å². The van der Waals surface area contributed by atoms with Gasteiger partial charge < -0.3 is 4.57 Å². The second-order valence-electron chi connectivity index (χ2n) is 3.45. The third kappa shape index (κ3) is 1.39. The topological polar surface area (TPSA) is 17.8 Å². The molecule has 0 atom stereocenters. The molecule has 0 aliphatic rings. The van der Waals surface area contributed by atoms with Gasteiger partial charge in [-0.3, -0.25) is 0 Å². The van der Waals surface area contributed by atoms with Crippen molar-refractivity contribution in [1.29, 1.82) is 0 Å². The van der Waals surface area contributed by atoms with E-state index < -0.39 is 0 Å². The van der Waals surface area contributed by atoms with E-state index in [0.717, 1.165) is 11.0 Å². The van der Waals surface area contributed by atoms with Crippen LogP contribution in [0.2, 0.25) is 10.3 Å². The van der Waals surface area contributed by atoms with Crippen molar-refractivity contribution in [2.24, 2.45) is 0 Å². The Morgan fingerprint density at radius 3 is 2.64 bits per heavy atom. The highest BCUT2D eigenvalue weighted by molar-refractivity contribution is 6.36. The van der Waals surface area contributed by atoms with Crippen LogP contribution >= 0.6 is 23.2 Å². The molecule has 0 N–H and O–H groups in total. The van der Waals surface area contributed by atoms with Crippen LogP contribution in [0.4, 0.5) is 0 Å². The van der Waals surface area contributed by atoms with Gasteiger partial charge in [-0.05, 0) is 37.6 Å². The zero-order valence-electron chi connectivity index (χ0n) is 7.96. The second kappa shape index (κ2) is 3.44. The average Bonchev–Trinajstić information content (AvgIpc) is 2.42. The van der Waals surface area contributed by atoms with Gasteiger partial charge in [-0.15, -0.1) is 0 Å². The first-order valence-corrected chi connectivity index (χ1v) is 5.19. The summed E-state index contributed by atoms with van der Waals surface area (Å²) in [5.41, 5.74) is 1.75. The summed E-state index contributed by atoms with van der Waals surface area (Å²) in [6, 6.07) is 5.89. The second-order valence-corrected chi connectivity index (χ2v) is 4.20. The van der Waals surface area contributed by atoms with Gasteiger partial charge in [0, 0.05) is 6.04 Å². The minimum atomic E-state index is 0.257. The van der Waals surface area contributed by atoms with Crippen molar-refractivity contribution < 1.29 is 0 Å². The van der Waals surface area contributed by atoms with E-state index in [1.165, 1.54) is 0 Å². The summed E-state index contributed by atoms with van der Waals surface area (Å²) in [7, 11) is 0. The molecule has 0 fully saturated rings. The van der Waals surface area contributed by atoms with Crippen molar-refractivity contribution in [3.05, 3.63) is 28.5 Å². The van der Waals surface area contributed by atoms with Gasteiger partial charge in [-0.2, -0.15) is 0 Å². The molecule has 0 saturated carbocycles. The minimum absolute atomic E-state index is 0.257. The van der Waals surface area contributed by atoms with Crippen molar-refractivity contribution in [1.82, 2.24) is 9.55 Å². The van der Waals surface area contributed by atoms with Gasteiger partial charge >= 0.3 is 0 Å². The number of hydrogen-bond acceptors (Lipinski definition) is 1. The van der Waals surface area contributed by atoms with Gasteiger partial charge in [-0.25, -0.2) is 4.98 Å². The number of benzene rings is 1. The standard InChI is InChI=1S/C10H10Cl2N2/c1-6(2)14-9-7(11)4-3-5-8(9)13-10(14)12/h3-6H,1-2H3. The molecule has 1 heterocycles. The van der Waals surface area contributed by atoms with Crippen LogP contribution in [0.1, 0.15) is 19.9 Å². The smallest absolute Gasteiger partial charge is 0.204 e. The van der Waals surface area contributed by atoms with E-state index in [1.54, 1.807) is 0 Å². The van der Waals surface area contributed by atoms with Crippen LogP contribution in [0.5, 0.6) is 0 Å². The molecule has 14 heavy (non-hydrogen) atoms. The Labute approximate surface area is 92.5 Å². The van der Waals surface area contributed by atoms with E-state index in [4.69, 9.17) is 23.2 Å². The van der Waals surface area contributed by atoms with Crippen LogP contribution < -0.4 is 0 Å². The molecule has 2 rings (SSSR count). The molecule has 1 aromatic carbocycles. The Hall–Kier alpha value is -0.730. The fourth-order valence-electron chi connectivity index (χ4n) is 1.55. The highest BCUT2D eigenvalue weighted by Crippen LogP contribution is 2.29. The molecule has 2 nitrogen and oxygen atoms in total. The molecule has 0 saturated heterocycles. The quantitative estimate of drug-likeness (QED) is 0.724. The van der Waals surface area contributed by atoms with E-state index in [0.29, 0.717) is 10.3 Å². The predicted molar refractivity (Wildman–Crippen MR) is 60.1 cm³/mol. The summed E-state index contributed by atoms with van der Waals surface area (Å²) in [6.07, 6.45) is 0. The summed E-state index contributed by atoms with van der Waals surface area (Å²) < 4.78 is 1.93. The van der Waals surface area contributed by atoms with Crippen molar-refractivity contribution in [2.75, 3.05) is 0 Å². The Balaban J connectivity index is 2.86. The first kappa shape index (κ1) is 9.81. The fourth-order valence-corrected chi connectivity index (χ4v) is 2.18. The molecular weight excluding hydrogens is 219 g/mol. The molecule has 0 aliphatic heterocycles. The first-order valence-electron chi connectivity index (χ1n) is 4.43. The normalized spacial score (nSPS) is 11.5. The van der Waals surface area contributed by atoms with Crippen molar-refractivity contribution in [2.45, 2.75) is 19.9 Å². The molecule has 0 aliphatic carbocycles. The lowest BCUT2D eigenvalue weighted by Crippen LogP contribution is -2.00. The molecule has 2 aromatic rings. The average molecular weight is 229 g/mol. The summed E-state index contributed by atoms with van der Waals surface area (Å²) in [4.78, 5) is 4.24. The van der Waals surface area contributed by atoms with E-state index in [9.17, 15) is 0 Å². The van der Waals surface area contributed by atoms with Crippen molar-refractivity contribution >= 4 is 34.2 Å². The van der Waals surface area contributed by atoms with Gasteiger partial charge in [0.25, 0.3) is 0 Å². The Morgan fingerprint density at radius 2 is 2.00 bits per heavy atom. The predicted octanol–water partition coefficient (Wildman–Crippen LogP) is 3.92. The molecule has 0 radical (unpaired) electrons. The van der Waals surface area contributed by atoms with E-state index in [2.05, 4.69) is 18.8 Å². The number of rotatable bonds is 1. The van der Waals surface area contributed by atoms with Crippen LogP contribution in [-0.2, 0) is 0 Å². The third-order valence-corrected chi connectivity index (χ3v) is 2.71. The number of hydrogen-bond donors (Lipinski definition) is 0. The summed E-state index contributed by atoms with van der Waals surface area (Å²) in [5, 5.41) is 1.18. The Morgan fingerprint density at radius 1 is 1.29 bits per heavy atom. The number of imidazole rings is 1. The van der Waals surface area contributed by atoms with Gasteiger partial charge in [0.2, 0.25) is 5.28 Å². The van der Waals surface area contributed by atoms with Crippen LogP contribution in [0, 0.1) is 0 Å². The van der Waals surface area contributed by atoms with Crippen LogP contribution in [-0.4, -0.2) is 9.55 Å². The van der Waals surface area contributed by atoms with E-state index in [-0.39, 0.29) is 6.04 Å². The SMILES string of the molecule is CC(C)n1c(Cl)nc2cccc(Cl)c21.